The molecule has 1 N–H and O–H groups in total. The fraction of sp³-hybridized carbons (Fsp3) is 0.150. The molecule has 3 aromatic rings. The Kier molecular flexibility index (Phi) is 5.83. The molecule has 0 unspecified atom stereocenters. The number of rotatable bonds is 6. The van der Waals surface area contributed by atoms with Gasteiger partial charge in [0.2, 0.25) is 0 Å². The SMILES string of the molecule is Cc1ccc(Oc2ccccc2NC(=O)COC(=O)c2scnc2C)cc1. The average molecular weight is 382 g/mol. The van der Waals surface area contributed by atoms with E-state index in [4.69, 9.17) is 9.47 Å². The van der Waals surface area contributed by atoms with Crippen molar-refractivity contribution in [2.75, 3.05) is 11.9 Å². The van der Waals surface area contributed by atoms with Gasteiger partial charge < -0.3 is 14.8 Å². The van der Waals surface area contributed by atoms with E-state index in [1.807, 2.05) is 37.3 Å². The number of carbonyl (C=O) groups excluding carboxylic acids is 2. The van der Waals surface area contributed by atoms with E-state index in [2.05, 4.69) is 10.3 Å². The molecule has 0 aliphatic rings. The number of nitrogens with zero attached hydrogens (tertiary/aromatic N) is 1. The molecule has 0 bridgehead atoms. The molecule has 0 atom stereocenters. The van der Waals surface area contributed by atoms with Crippen LogP contribution in [0.2, 0.25) is 0 Å². The van der Waals surface area contributed by atoms with Crippen LogP contribution in [0.3, 0.4) is 0 Å². The summed E-state index contributed by atoms with van der Waals surface area (Å²) in [5.41, 5.74) is 3.77. The third-order valence-corrected chi connectivity index (χ3v) is 4.58. The Morgan fingerprint density at radius 1 is 1.07 bits per heavy atom. The number of nitrogens with one attached hydrogen (secondary N) is 1. The van der Waals surface area contributed by atoms with Crippen molar-refractivity contribution in [3.8, 4) is 11.5 Å². The van der Waals surface area contributed by atoms with Gasteiger partial charge in [-0.15, -0.1) is 11.3 Å². The van der Waals surface area contributed by atoms with Crippen molar-refractivity contribution in [2.24, 2.45) is 0 Å². The summed E-state index contributed by atoms with van der Waals surface area (Å²) in [6.45, 7) is 3.31. The summed E-state index contributed by atoms with van der Waals surface area (Å²) in [5.74, 6) is 0.147. The Morgan fingerprint density at radius 2 is 1.81 bits per heavy atom. The standard InChI is InChI=1S/C20H18N2O4S/c1-13-7-9-15(10-8-13)26-17-6-4-3-5-16(17)22-18(23)11-25-20(24)19-14(2)21-12-27-19/h3-10,12H,11H2,1-2H3,(H,22,23). The minimum absolute atomic E-state index is 0.394. The highest BCUT2D eigenvalue weighted by atomic mass is 32.1. The van der Waals surface area contributed by atoms with Gasteiger partial charge in [-0.2, -0.15) is 0 Å². The number of thiazole rings is 1. The number of para-hydroxylation sites is 2. The summed E-state index contributed by atoms with van der Waals surface area (Å²) >= 11 is 1.18. The van der Waals surface area contributed by atoms with Crippen LogP contribution in [-0.2, 0) is 9.53 Å². The van der Waals surface area contributed by atoms with E-state index in [-0.39, 0.29) is 0 Å². The number of hydrogen-bond acceptors (Lipinski definition) is 6. The van der Waals surface area contributed by atoms with Gasteiger partial charge in [-0.1, -0.05) is 29.8 Å². The monoisotopic (exact) mass is 382 g/mol. The number of aromatic nitrogens is 1. The topological polar surface area (TPSA) is 77.5 Å². The normalized spacial score (nSPS) is 10.3. The summed E-state index contributed by atoms with van der Waals surface area (Å²) in [5, 5.41) is 2.70. The third-order valence-electron chi connectivity index (χ3n) is 3.68. The maximum absolute atomic E-state index is 12.2. The zero-order chi connectivity index (χ0) is 19.2. The van der Waals surface area contributed by atoms with Crippen molar-refractivity contribution in [3.05, 3.63) is 70.2 Å². The summed E-state index contributed by atoms with van der Waals surface area (Å²) in [4.78, 5) is 28.5. The Balaban J connectivity index is 1.61. The van der Waals surface area contributed by atoms with Crippen LogP contribution in [0.1, 0.15) is 20.9 Å². The zero-order valence-electron chi connectivity index (χ0n) is 14.9. The fourth-order valence-corrected chi connectivity index (χ4v) is 2.97. The zero-order valence-corrected chi connectivity index (χ0v) is 15.7. The van der Waals surface area contributed by atoms with Gasteiger partial charge in [0.1, 0.15) is 10.6 Å². The molecule has 6 nitrogen and oxygen atoms in total. The average Bonchev–Trinajstić information content (AvgIpc) is 3.09. The van der Waals surface area contributed by atoms with Gasteiger partial charge in [0.05, 0.1) is 16.9 Å². The first-order chi connectivity index (χ1) is 13.0. The molecule has 0 fully saturated rings. The molecule has 1 aromatic heterocycles. The van der Waals surface area contributed by atoms with E-state index in [0.717, 1.165) is 5.56 Å². The van der Waals surface area contributed by atoms with Gasteiger partial charge in [-0.05, 0) is 38.1 Å². The molecule has 3 rings (SSSR count). The number of carbonyl (C=O) groups is 2. The smallest absolute Gasteiger partial charge is 0.350 e. The highest BCUT2D eigenvalue weighted by Gasteiger charge is 2.16. The van der Waals surface area contributed by atoms with Gasteiger partial charge in [-0.3, -0.25) is 4.79 Å². The maximum Gasteiger partial charge on any atom is 0.350 e. The lowest BCUT2D eigenvalue weighted by Gasteiger charge is -2.12. The molecule has 0 saturated carbocycles. The second-order valence-corrected chi connectivity index (χ2v) is 6.66. The first kappa shape index (κ1) is 18.6. The lowest BCUT2D eigenvalue weighted by atomic mass is 10.2. The predicted octanol–water partition coefficient (Wildman–Crippen LogP) is 4.35. The first-order valence-electron chi connectivity index (χ1n) is 8.23. The van der Waals surface area contributed by atoms with Crippen LogP contribution in [0.25, 0.3) is 0 Å². The maximum atomic E-state index is 12.2. The molecule has 0 spiro atoms. The van der Waals surface area contributed by atoms with E-state index in [9.17, 15) is 9.59 Å². The predicted molar refractivity (Wildman–Crippen MR) is 103 cm³/mol. The quantitative estimate of drug-likeness (QED) is 0.642. The van der Waals surface area contributed by atoms with Crippen LogP contribution in [0.15, 0.2) is 54.0 Å². The van der Waals surface area contributed by atoms with Crippen LogP contribution >= 0.6 is 11.3 Å². The summed E-state index contributed by atoms with van der Waals surface area (Å²) in [6.07, 6.45) is 0. The number of ether oxygens (including phenoxy) is 2. The van der Waals surface area contributed by atoms with Crippen LogP contribution < -0.4 is 10.1 Å². The van der Waals surface area contributed by atoms with Crippen molar-refractivity contribution in [1.82, 2.24) is 4.98 Å². The minimum atomic E-state index is -0.561. The molecule has 138 valence electrons. The van der Waals surface area contributed by atoms with Crippen molar-refractivity contribution >= 4 is 28.9 Å². The second kappa shape index (κ2) is 8.46. The Hall–Kier alpha value is -3.19. The highest BCUT2D eigenvalue weighted by molar-refractivity contribution is 7.11. The number of amides is 1. The van der Waals surface area contributed by atoms with E-state index in [1.165, 1.54) is 11.3 Å². The number of aryl methyl sites for hydroxylation is 2. The number of benzene rings is 2. The molecule has 0 aliphatic carbocycles. The van der Waals surface area contributed by atoms with Crippen LogP contribution in [0.4, 0.5) is 5.69 Å². The molecule has 1 heterocycles. The molecule has 7 heteroatoms. The highest BCUT2D eigenvalue weighted by Crippen LogP contribution is 2.29. The molecule has 0 saturated heterocycles. The molecule has 0 radical (unpaired) electrons. The van der Waals surface area contributed by atoms with Crippen molar-refractivity contribution in [1.29, 1.82) is 0 Å². The second-order valence-electron chi connectivity index (χ2n) is 5.80. The Bertz CT molecular complexity index is 951. The first-order valence-corrected chi connectivity index (χ1v) is 9.11. The number of anilines is 1. The van der Waals surface area contributed by atoms with E-state index < -0.39 is 18.5 Å². The number of esters is 1. The molecule has 0 aliphatic heterocycles. The van der Waals surface area contributed by atoms with Crippen LogP contribution in [0, 0.1) is 13.8 Å². The van der Waals surface area contributed by atoms with Crippen molar-refractivity contribution in [3.63, 3.8) is 0 Å². The Labute approximate surface area is 160 Å². The fourth-order valence-electron chi connectivity index (χ4n) is 2.27. The number of hydrogen-bond donors (Lipinski definition) is 1. The molecule has 27 heavy (non-hydrogen) atoms. The van der Waals surface area contributed by atoms with Gasteiger partial charge in [-0.25, -0.2) is 9.78 Å². The largest absolute Gasteiger partial charge is 0.455 e. The summed E-state index contributed by atoms with van der Waals surface area (Å²) in [6, 6.07) is 14.7. The van der Waals surface area contributed by atoms with E-state index in [0.29, 0.717) is 27.8 Å². The van der Waals surface area contributed by atoms with E-state index in [1.54, 1.807) is 30.6 Å². The van der Waals surface area contributed by atoms with Crippen LogP contribution in [0.5, 0.6) is 11.5 Å². The third kappa shape index (κ3) is 4.92. The molecular weight excluding hydrogens is 364 g/mol. The van der Waals surface area contributed by atoms with Gasteiger partial charge in [0, 0.05) is 0 Å². The van der Waals surface area contributed by atoms with Crippen LogP contribution in [-0.4, -0.2) is 23.5 Å². The van der Waals surface area contributed by atoms with Crippen molar-refractivity contribution in [2.45, 2.75) is 13.8 Å². The lowest BCUT2D eigenvalue weighted by Crippen LogP contribution is -2.21. The van der Waals surface area contributed by atoms with Gasteiger partial charge in [0.25, 0.3) is 5.91 Å². The summed E-state index contributed by atoms with van der Waals surface area (Å²) < 4.78 is 10.9. The van der Waals surface area contributed by atoms with Crippen molar-refractivity contribution < 1.29 is 19.1 Å². The van der Waals surface area contributed by atoms with Gasteiger partial charge >= 0.3 is 5.97 Å². The minimum Gasteiger partial charge on any atom is -0.455 e. The van der Waals surface area contributed by atoms with E-state index >= 15 is 0 Å². The molecular formula is C20H18N2O4S. The Morgan fingerprint density at radius 3 is 2.52 bits per heavy atom. The van der Waals surface area contributed by atoms with Gasteiger partial charge in [0.15, 0.2) is 12.4 Å². The molecule has 1 amide bonds. The summed E-state index contributed by atoms with van der Waals surface area (Å²) in [7, 11) is 0. The lowest BCUT2D eigenvalue weighted by molar-refractivity contribution is -0.119. The molecule has 2 aromatic carbocycles.